The molecule has 0 aliphatic heterocycles. The predicted octanol–water partition coefficient (Wildman–Crippen LogP) is 8.25. The second-order valence-electron chi connectivity index (χ2n) is 14.8. The first-order chi connectivity index (χ1) is 14.4. The van der Waals surface area contributed by atoms with E-state index in [2.05, 4.69) is 48.5 Å². The average Bonchev–Trinajstić information content (AvgIpc) is 3.27. The molecule has 5 saturated carbocycles. The van der Waals surface area contributed by atoms with Gasteiger partial charge in [-0.05, 0) is 114 Å². The number of fused-ring (bicyclic) bond motifs is 2. The van der Waals surface area contributed by atoms with Crippen molar-refractivity contribution in [2.24, 2.45) is 56.7 Å². The topological polar surface area (TPSA) is 20.2 Å². The van der Waals surface area contributed by atoms with Crippen molar-refractivity contribution in [3.05, 3.63) is 0 Å². The lowest BCUT2D eigenvalue weighted by molar-refractivity contribution is -0.161. The summed E-state index contributed by atoms with van der Waals surface area (Å²) in [5.41, 5.74) is 2.45. The summed E-state index contributed by atoms with van der Waals surface area (Å²) < 4.78 is 0. The maximum atomic E-state index is 10.8. The summed E-state index contributed by atoms with van der Waals surface area (Å²) in [4.78, 5) is 0. The molecule has 0 radical (unpaired) electrons. The fourth-order valence-electron chi connectivity index (χ4n) is 11.3. The van der Waals surface area contributed by atoms with Crippen molar-refractivity contribution >= 4 is 0 Å². The van der Waals surface area contributed by atoms with Crippen LogP contribution in [0.5, 0.6) is 0 Å². The van der Waals surface area contributed by atoms with Crippen LogP contribution in [0.2, 0.25) is 0 Å². The second kappa shape index (κ2) is 6.99. The molecule has 31 heavy (non-hydrogen) atoms. The van der Waals surface area contributed by atoms with E-state index in [0.717, 1.165) is 36.0 Å². The number of rotatable bonds is 5. The SMILES string of the molecule is CC(C)CCC[C@@H](C)[C@@H]1CC[C@]2(C)[C@H]3CC[C@H]4C(C)(C)[C@H](O)CC[C@@]45C[C@@]35CC[C@@]12C. The van der Waals surface area contributed by atoms with E-state index in [4.69, 9.17) is 0 Å². The van der Waals surface area contributed by atoms with Gasteiger partial charge < -0.3 is 5.11 Å². The molecule has 1 heteroatoms. The van der Waals surface area contributed by atoms with Crippen molar-refractivity contribution < 1.29 is 5.11 Å². The van der Waals surface area contributed by atoms with Gasteiger partial charge in [0, 0.05) is 0 Å². The van der Waals surface area contributed by atoms with Crippen LogP contribution < -0.4 is 0 Å². The zero-order valence-corrected chi connectivity index (χ0v) is 21.9. The Labute approximate surface area is 193 Å². The van der Waals surface area contributed by atoms with Crippen LogP contribution in [0.25, 0.3) is 0 Å². The lowest BCUT2D eigenvalue weighted by Gasteiger charge is -2.63. The Morgan fingerprint density at radius 3 is 2.13 bits per heavy atom. The van der Waals surface area contributed by atoms with E-state index >= 15 is 0 Å². The fraction of sp³-hybridized carbons (Fsp3) is 1.00. The van der Waals surface area contributed by atoms with Gasteiger partial charge in [0.1, 0.15) is 0 Å². The summed E-state index contributed by atoms with van der Waals surface area (Å²) >= 11 is 0. The van der Waals surface area contributed by atoms with Gasteiger partial charge in [0.05, 0.1) is 6.10 Å². The lowest BCUT2D eigenvalue weighted by Crippen LogP contribution is -2.57. The van der Waals surface area contributed by atoms with Crippen LogP contribution in [0.4, 0.5) is 0 Å². The Morgan fingerprint density at radius 1 is 0.742 bits per heavy atom. The molecule has 1 nitrogen and oxygen atoms in total. The molecule has 0 aromatic carbocycles. The van der Waals surface area contributed by atoms with Gasteiger partial charge in [-0.3, -0.25) is 0 Å². The Bertz CT molecular complexity index is 709. The first-order valence-corrected chi connectivity index (χ1v) is 14.1. The highest BCUT2D eigenvalue weighted by atomic mass is 16.3. The summed E-state index contributed by atoms with van der Waals surface area (Å²) in [7, 11) is 0. The van der Waals surface area contributed by atoms with Gasteiger partial charge in [-0.1, -0.05) is 67.7 Å². The minimum absolute atomic E-state index is 0.0793. The largest absolute Gasteiger partial charge is 0.393 e. The van der Waals surface area contributed by atoms with E-state index in [1.54, 1.807) is 0 Å². The van der Waals surface area contributed by atoms with Crippen LogP contribution >= 0.6 is 0 Å². The van der Waals surface area contributed by atoms with Crippen molar-refractivity contribution in [1.82, 2.24) is 0 Å². The monoisotopic (exact) mass is 428 g/mol. The fourth-order valence-corrected chi connectivity index (χ4v) is 11.3. The van der Waals surface area contributed by atoms with Crippen LogP contribution in [-0.2, 0) is 0 Å². The Morgan fingerprint density at radius 2 is 1.42 bits per heavy atom. The molecule has 2 spiro atoms. The van der Waals surface area contributed by atoms with Gasteiger partial charge in [-0.25, -0.2) is 0 Å². The maximum absolute atomic E-state index is 10.8. The molecule has 0 saturated heterocycles. The van der Waals surface area contributed by atoms with Gasteiger partial charge in [0.2, 0.25) is 0 Å². The smallest absolute Gasteiger partial charge is 0.0594 e. The molecule has 0 heterocycles. The molecule has 0 bridgehead atoms. The Kier molecular flexibility index (Phi) is 5.13. The number of aliphatic hydroxyl groups excluding tert-OH is 1. The lowest BCUT2D eigenvalue weighted by atomic mass is 9.41. The van der Waals surface area contributed by atoms with Crippen LogP contribution in [0.3, 0.4) is 0 Å². The van der Waals surface area contributed by atoms with E-state index in [-0.39, 0.29) is 11.5 Å². The van der Waals surface area contributed by atoms with Gasteiger partial charge in [-0.2, -0.15) is 0 Å². The van der Waals surface area contributed by atoms with Crippen LogP contribution in [0.15, 0.2) is 0 Å². The zero-order valence-electron chi connectivity index (χ0n) is 21.9. The molecule has 5 fully saturated rings. The van der Waals surface area contributed by atoms with Crippen molar-refractivity contribution in [3.63, 3.8) is 0 Å². The molecule has 0 aromatic rings. The third-order valence-corrected chi connectivity index (χ3v) is 13.3. The highest BCUT2D eigenvalue weighted by Gasteiger charge is 2.82. The van der Waals surface area contributed by atoms with E-state index in [9.17, 15) is 5.11 Å². The van der Waals surface area contributed by atoms with Gasteiger partial charge >= 0.3 is 0 Å². The average molecular weight is 429 g/mol. The number of hydrogen-bond donors (Lipinski definition) is 1. The van der Waals surface area contributed by atoms with E-state index in [0.29, 0.717) is 21.7 Å². The normalized spacial score (nSPS) is 53.3. The van der Waals surface area contributed by atoms with Crippen molar-refractivity contribution in [2.45, 2.75) is 132 Å². The summed E-state index contributed by atoms with van der Waals surface area (Å²) in [6.45, 7) is 17.7. The minimum Gasteiger partial charge on any atom is -0.393 e. The highest BCUT2D eigenvalue weighted by Crippen LogP contribution is 2.89. The molecule has 5 aliphatic carbocycles. The van der Waals surface area contributed by atoms with Gasteiger partial charge in [-0.15, -0.1) is 0 Å². The molecule has 0 amide bonds. The molecule has 0 unspecified atom stereocenters. The van der Waals surface area contributed by atoms with Crippen LogP contribution in [0, 0.1) is 56.7 Å². The van der Waals surface area contributed by atoms with E-state index in [1.807, 2.05) is 0 Å². The highest BCUT2D eigenvalue weighted by molar-refractivity contribution is 5.30. The second-order valence-corrected chi connectivity index (χ2v) is 14.8. The molecule has 9 atom stereocenters. The zero-order chi connectivity index (χ0) is 22.4. The summed E-state index contributed by atoms with van der Waals surface area (Å²) in [6, 6.07) is 0. The molecular weight excluding hydrogens is 376 g/mol. The Hall–Kier alpha value is -0.0400. The van der Waals surface area contributed by atoms with E-state index < -0.39 is 0 Å². The standard InChI is InChI=1S/C30H52O/c1-20(2)9-8-10-21(3)22-13-15-28(7)24-12-11-23-26(4,5)25(31)14-16-29(23)19-30(24,29)18-17-27(22,28)6/h20-25,31H,8-19H2,1-7H3/t21-,22+,23+,24-,25-,27+,28-,29-,30+/m1/s1. The van der Waals surface area contributed by atoms with Gasteiger partial charge in [0.25, 0.3) is 0 Å². The molecule has 5 aliphatic rings. The summed E-state index contributed by atoms with van der Waals surface area (Å²) in [6.07, 6.45) is 16.9. The minimum atomic E-state index is -0.0793. The van der Waals surface area contributed by atoms with Crippen molar-refractivity contribution in [2.75, 3.05) is 0 Å². The maximum Gasteiger partial charge on any atom is 0.0594 e. The first kappa shape index (κ1) is 22.7. The third-order valence-electron chi connectivity index (χ3n) is 13.3. The van der Waals surface area contributed by atoms with Crippen molar-refractivity contribution in [3.8, 4) is 0 Å². The summed E-state index contributed by atoms with van der Waals surface area (Å²) in [5, 5.41) is 10.8. The van der Waals surface area contributed by atoms with Crippen LogP contribution in [-0.4, -0.2) is 11.2 Å². The van der Waals surface area contributed by atoms with Gasteiger partial charge in [0.15, 0.2) is 0 Å². The number of hydrogen-bond acceptors (Lipinski definition) is 1. The quantitative estimate of drug-likeness (QED) is 0.467. The van der Waals surface area contributed by atoms with Crippen molar-refractivity contribution in [1.29, 1.82) is 0 Å². The molecule has 0 aromatic heterocycles. The van der Waals surface area contributed by atoms with E-state index in [1.165, 1.54) is 70.6 Å². The molecule has 178 valence electrons. The third kappa shape index (κ3) is 2.77. The first-order valence-electron chi connectivity index (χ1n) is 14.1. The Balaban J connectivity index is 1.39. The number of aliphatic hydroxyl groups is 1. The predicted molar refractivity (Wildman–Crippen MR) is 131 cm³/mol. The molecule has 5 rings (SSSR count). The molecular formula is C30H52O. The summed E-state index contributed by atoms with van der Waals surface area (Å²) in [5.74, 6) is 4.41. The van der Waals surface area contributed by atoms with Crippen LogP contribution in [0.1, 0.15) is 126 Å². The molecule has 1 N–H and O–H groups in total.